The molecule has 1 fully saturated rings. The van der Waals surface area contributed by atoms with E-state index in [9.17, 15) is 4.79 Å². The molecule has 1 aliphatic rings. The second-order valence-corrected chi connectivity index (χ2v) is 6.93. The molecule has 4 heteroatoms. The molecule has 0 unspecified atom stereocenters. The van der Waals surface area contributed by atoms with Crippen LogP contribution in [0.1, 0.15) is 42.5 Å². The molecule has 4 rings (SSSR count). The second-order valence-electron chi connectivity index (χ2n) is 6.93. The fourth-order valence-corrected chi connectivity index (χ4v) is 3.54. The topological polar surface area (TPSA) is 54.0 Å². The lowest BCUT2D eigenvalue weighted by atomic mass is 9.95. The maximum atomic E-state index is 12.5. The third-order valence-corrected chi connectivity index (χ3v) is 4.97. The Morgan fingerprint density at radius 2 is 1.69 bits per heavy atom. The molecule has 0 aliphatic heterocycles. The van der Waals surface area contributed by atoms with Crippen molar-refractivity contribution >= 4 is 28.2 Å². The predicted molar refractivity (Wildman–Crippen MR) is 107 cm³/mol. The number of amides is 1. The van der Waals surface area contributed by atoms with Crippen molar-refractivity contribution in [2.24, 2.45) is 0 Å². The standard InChI is InChI=1S/C22H23N3O/c26-22(25-20-14-17-6-4-5-9-21(17)23-15-20)16-10-12-19(13-11-16)24-18-7-2-1-3-8-18/h4-6,9-15,18,24H,1-3,7-8H2,(H,25,26). The Kier molecular flexibility index (Phi) is 4.82. The van der Waals surface area contributed by atoms with Gasteiger partial charge in [0.05, 0.1) is 17.4 Å². The first-order valence-corrected chi connectivity index (χ1v) is 9.31. The van der Waals surface area contributed by atoms with Crippen molar-refractivity contribution in [3.63, 3.8) is 0 Å². The van der Waals surface area contributed by atoms with Crippen LogP contribution in [0.3, 0.4) is 0 Å². The monoisotopic (exact) mass is 345 g/mol. The number of carbonyl (C=O) groups is 1. The molecule has 1 aliphatic carbocycles. The quantitative estimate of drug-likeness (QED) is 0.680. The fourth-order valence-electron chi connectivity index (χ4n) is 3.54. The van der Waals surface area contributed by atoms with Gasteiger partial charge < -0.3 is 10.6 Å². The SMILES string of the molecule is O=C(Nc1cnc2ccccc2c1)c1ccc(NC2CCCCC2)cc1. The van der Waals surface area contributed by atoms with Gasteiger partial charge in [-0.1, -0.05) is 37.5 Å². The smallest absolute Gasteiger partial charge is 0.255 e. The minimum atomic E-state index is -0.119. The van der Waals surface area contributed by atoms with Crippen LogP contribution in [0, 0.1) is 0 Å². The number of pyridine rings is 1. The molecule has 132 valence electrons. The number of carbonyl (C=O) groups excluding carboxylic acids is 1. The number of nitrogens with zero attached hydrogens (tertiary/aromatic N) is 1. The number of hydrogen-bond donors (Lipinski definition) is 2. The molecule has 1 amide bonds. The summed E-state index contributed by atoms with van der Waals surface area (Å²) in [5.74, 6) is -0.119. The summed E-state index contributed by atoms with van der Waals surface area (Å²) < 4.78 is 0. The highest BCUT2D eigenvalue weighted by atomic mass is 16.1. The molecule has 3 aromatic rings. The van der Waals surface area contributed by atoms with E-state index in [1.54, 1.807) is 6.20 Å². The average Bonchev–Trinajstić information content (AvgIpc) is 2.69. The van der Waals surface area contributed by atoms with Crippen molar-refractivity contribution in [1.82, 2.24) is 4.98 Å². The van der Waals surface area contributed by atoms with Crippen molar-refractivity contribution in [3.05, 3.63) is 66.4 Å². The van der Waals surface area contributed by atoms with Crippen molar-refractivity contribution in [2.45, 2.75) is 38.1 Å². The van der Waals surface area contributed by atoms with Crippen molar-refractivity contribution in [1.29, 1.82) is 0 Å². The first-order valence-electron chi connectivity index (χ1n) is 9.31. The lowest BCUT2D eigenvalue weighted by Crippen LogP contribution is -2.22. The number of anilines is 2. The Hall–Kier alpha value is -2.88. The molecule has 1 saturated carbocycles. The number of hydrogen-bond acceptors (Lipinski definition) is 3. The van der Waals surface area contributed by atoms with Crippen LogP contribution in [0.5, 0.6) is 0 Å². The van der Waals surface area contributed by atoms with E-state index in [0.717, 1.165) is 16.6 Å². The second kappa shape index (κ2) is 7.56. The van der Waals surface area contributed by atoms with Crippen LogP contribution >= 0.6 is 0 Å². The lowest BCUT2D eigenvalue weighted by molar-refractivity contribution is 0.102. The zero-order valence-electron chi connectivity index (χ0n) is 14.7. The minimum Gasteiger partial charge on any atom is -0.382 e. The van der Waals surface area contributed by atoms with Crippen LogP contribution in [0.2, 0.25) is 0 Å². The molecule has 0 bridgehead atoms. The molecule has 0 saturated heterocycles. The first-order chi connectivity index (χ1) is 12.8. The molecule has 2 aromatic carbocycles. The zero-order valence-corrected chi connectivity index (χ0v) is 14.7. The minimum absolute atomic E-state index is 0.119. The van der Waals surface area contributed by atoms with Gasteiger partial charge in [0.2, 0.25) is 0 Å². The Morgan fingerprint density at radius 3 is 2.50 bits per heavy atom. The van der Waals surface area contributed by atoms with Gasteiger partial charge in [0.1, 0.15) is 0 Å². The molecule has 4 nitrogen and oxygen atoms in total. The van der Waals surface area contributed by atoms with E-state index in [4.69, 9.17) is 0 Å². The summed E-state index contributed by atoms with van der Waals surface area (Å²) in [5.41, 5.74) is 3.36. The Bertz CT molecular complexity index is 899. The van der Waals surface area contributed by atoms with Gasteiger partial charge in [0, 0.05) is 22.7 Å². The van der Waals surface area contributed by atoms with Crippen molar-refractivity contribution in [3.8, 4) is 0 Å². The van der Waals surface area contributed by atoms with Crippen molar-refractivity contribution < 1.29 is 4.79 Å². The Labute approximate surface area is 153 Å². The van der Waals surface area contributed by atoms with Crippen LogP contribution in [-0.2, 0) is 0 Å². The van der Waals surface area contributed by atoms with Gasteiger partial charge in [-0.2, -0.15) is 0 Å². The van der Waals surface area contributed by atoms with Crippen LogP contribution in [0.4, 0.5) is 11.4 Å². The van der Waals surface area contributed by atoms with Gasteiger partial charge in [-0.05, 0) is 49.2 Å². The molecule has 0 atom stereocenters. The Balaban J connectivity index is 1.42. The van der Waals surface area contributed by atoms with E-state index >= 15 is 0 Å². The number of aromatic nitrogens is 1. The molecule has 0 spiro atoms. The van der Waals surface area contributed by atoms with E-state index in [1.807, 2.05) is 54.6 Å². The van der Waals surface area contributed by atoms with E-state index in [1.165, 1.54) is 32.1 Å². The molecule has 1 aromatic heterocycles. The zero-order chi connectivity index (χ0) is 17.8. The van der Waals surface area contributed by atoms with Gasteiger partial charge in [0.15, 0.2) is 0 Å². The van der Waals surface area contributed by atoms with Crippen LogP contribution in [0.25, 0.3) is 10.9 Å². The molecular weight excluding hydrogens is 322 g/mol. The van der Waals surface area contributed by atoms with Crippen molar-refractivity contribution in [2.75, 3.05) is 10.6 Å². The molecule has 0 radical (unpaired) electrons. The molecule has 1 heterocycles. The number of nitrogens with one attached hydrogen (secondary N) is 2. The summed E-state index contributed by atoms with van der Waals surface area (Å²) in [4.78, 5) is 16.9. The van der Waals surface area contributed by atoms with Gasteiger partial charge in [-0.25, -0.2) is 0 Å². The molecule has 2 N–H and O–H groups in total. The van der Waals surface area contributed by atoms with Gasteiger partial charge in [0.25, 0.3) is 5.91 Å². The highest BCUT2D eigenvalue weighted by Crippen LogP contribution is 2.22. The van der Waals surface area contributed by atoms with E-state index in [2.05, 4.69) is 15.6 Å². The maximum Gasteiger partial charge on any atom is 0.255 e. The summed E-state index contributed by atoms with van der Waals surface area (Å²) in [6.45, 7) is 0. The third-order valence-electron chi connectivity index (χ3n) is 4.97. The number of rotatable bonds is 4. The van der Waals surface area contributed by atoms with Gasteiger partial charge >= 0.3 is 0 Å². The molecular formula is C22H23N3O. The average molecular weight is 345 g/mol. The number of fused-ring (bicyclic) bond motifs is 1. The summed E-state index contributed by atoms with van der Waals surface area (Å²) in [7, 11) is 0. The third kappa shape index (κ3) is 3.85. The molecule has 26 heavy (non-hydrogen) atoms. The normalized spacial score (nSPS) is 14.9. The van der Waals surface area contributed by atoms with Crippen LogP contribution in [0.15, 0.2) is 60.8 Å². The van der Waals surface area contributed by atoms with Crippen LogP contribution < -0.4 is 10.6 Å². The number of benzene rings is 2. The summed E-state index contributed by atoms with van der Waals surface area (Å²) >= 11 is 0. The largest absolute Gasteiger partial charge is 0.382 e. The van der Waals surface area contributed by atoms with Gasteiger partial charge in [-0.15, -0.1) is 0 Å². The summed E-state index contributed by atoms with van der Waals surface area (Å²) in [5, 5.41) is 7.52. The number of para-hydroxylation sites is 1. The van der Waals surface area contributed by atoms with E-state index < -0.39 is 0 Å². The maximum absolute atomic E-state index is 12.5. The van der Waals surface area contributed by atoms with Crippen LogP contribution in [-0.4, -0.2) is 16.9 Å². The lowest BCUT2D eigenvalue weighted by Gasteiger charge is -2.23. The van der Waals surface area contributed by atoms with E-state index in [-0.39, 0.29) is 5.91 Å². The predicted octanol–water partition coefficient (Wildman–Crippen LogP) is 5.23. The van der Waals surface area contributed by atoms with Gasteiger partial charge in [-0.3, -0.25) is 9.78 Å². The Morgan fingerprint density at radius 1 is 0.923 bits per heavy atom. The fraction of sp³-hybridized carbons (Fsp3) is 0.273. The van der Waals surface area contributed by atoms with E-state index in [0.29, 0.717) is 17.3 Å². The first kappa shape index (κ1) is 16.6. The highest BCUT2D eigenvalue weighted by Gasteiger charge is 2.13. The highest BCUT2D eigenvalue weighted by molar-refractivity contribution is 6.05. The summed E-state index contributed by atoms with van der Waals surface area (Å²) in [6, 6.07) is 18.1. The summed E-state index contributed by atoms with van der Waals surface area (Å²) in [6.07, 6.45) is 8.12.